The summed E-state index contributed by atoms with van der Waals surface area (Å²) in [5, 5.41) is 9.61. The zero-order valence-corrected chi connectivity index (χ0v) is 13.0. The van der Waals surface area contributed by atoms with Crippen LogP contribution in [0.3, 0.4) is 0 Å². The second kappa shape index (κ2) is 7.57. The van der Waals surface area contributed by atoms with E-state index in [-0.39, 0.29) is 6.61 Å². The quantitative estimate of drug-likeness (QED) is 0.655. The molecule has 0 spiro atoms. The zero-order chi connectivity index (χ0) is 15.9. The first-order valence-electron chi connectivity index (χ1n) is 7.90. The SMILES string of the molecule is OCCC(=C(c1ccccc1)c1ccccc1)c1ccccc1. The summed E-state index contributed by atoms with van der Waals surface area (Å²) in [6.07, 6.45) is 0.628. The molecule has 0 saturated heterocycles. The Hall–Kier alpha value is -2.64. The number of rotatable bonds is 5. The second-order valence-corrected chi connectivity index (χ2v) is 5.43. The molecular weight excluding hydrogens is 280 g/mol. The Kier molecular flexibility index (Phi) is 5.02. The highest BCUT2D eigenvalue weighted by Crippen LogP contribution is 2.33. The number of hydrogen-bond acceptors (Lipinski definition) is 1. The molecule has 0 saturated carbocycles. The number of benzene rings is 3. The Morgan fingerprint density at radius 3 is 1.35 bits per heavy atom. The maximum absolute atomic E-state index is 9.61. The number of aliphatic hydroxyl groups is 1. The van der Waals surface area contributed by atoms with E-state index in [1.807, 2.05) is 30.3 Å². The van der Waals surface area contributed by atoms with Gasteiger partial charge in [0.25, 0.3) is 0 Å². The second-order valence-electron chi connectivity index (χ2n) is 5.43. The maximum Gasteiger partial charge on any atom is 0.0471 e. The molecule has 23 heavy (non-hydrogen) atoms. The topological polar surface area (TPSA) is 20.2 Å². The summed E-state index contributed by atoms with van der Waals surface area (Å²) in [5.41, 5.74) is 5.86. The summed E-state index contributed by atoms with van der Waals surface area (Å²) >= 11 is 0. The van der Waals surface area contributed by atoms with Crippen molar-refractivity contribution in [2.45, 2.75) is 6.42 Å². The van der Waals surface area contributed by atoms with Gasteiger partial charge in [-0.3, -0.25) is 0 Å². The normalized spacial score (nSPS) is 10.3. The van der Waals surface area contributed by atoms with Crippen LogP contribution in [0.4, 0.5) is 0 Å². The Balaban J connectivity index is 2.27. The van der Waals surface area contributed by atoms with Gasteiger partial charge in [0.1, 0.15) is 0 Å². The lowest BCUT2D eigenvalue weighted by Gasteiger charge is -2.16. The van der Waals surface area contributed by atoms with E-state index in [2.05, 4.69) is 60.7 Å². The molecule has 0 aliphatic heterocycles. The predicted molar refractivity (Wildman–Crippen MR) is 96.9 cm³/mol. The Morgan fingerprint density at radius 2 is 0.957 bits per heavy atom. The molecular formula is C22H20O. The van der Waals surface area contributed by atoms with Crippen molar-refractivity contribution >= 4 is 11.1 Å². The number of hydrogen-bond donors (Lipinski definition) is 1. The van der Waals surface area contributed by atoms with E-state index in [9.17, 15) is 5.11 Å². The molecule has 0 radical (unpaired) electrons. The molecule has 3 aromatic rings. The molecule has 3 aromatic carbocycles. The summed E-state index contributed by atoms with van der Waals surface area (Å²) in [6, 6.07) is 31.1. The van der Waals surface area contributed by atoms with Crippen LogP contribution in [0.5, 0.6) is 0 Å². The van der Waals surface area contributed by atoms with Crippen LogP contribution in [0, 0.1) is 0 Å². The molecule has 0 aliphatic carbocycles. The van der Waals surface area contributed by atoms with E-state index in [0.29, 0.717) is 6.42 Å². The van der Waals surface area contributed by atoms with Crippen molar-refractivity contribution < 1.29 is 5.11 Å². The highest BCUT2D eigenvalue weighted by molar-refractivity contribution is 5.98. The molecule has 0 heterocycles. The third kappa shape index (κ3) is 3.58. The van der Waals surface area contributed by atoms with Crippen LogP contribution in [-0.4, -0.2) is 11.7 Å². The fourth-order valence-corrected chi connectivity index (χ4v) is 2.89. The summed E-state index contributed by atoms with van der Waals surface area (Å²) in [4.78, 5) is 0. The van der Waals surface area contributed by atoms with Gasteiger partial charge in [-0.1, -0.05) is 91.0 Å². The Morgan fingerprint density at radius 1 is 0.565 bits per heavy atom. The Labute approximate surface area is 137 Å². The van der Waals surface area contributed by atoms with Gasteiger partial charge in [0.05, 0.1) is 0 Å². The van der Waals surface area contributed by atoms with Gasteiger partial charge in [0.15, 0.2) is 0 Å². The molecule has 0 fully saturated rings. The fraction of sp³-hybridized carbons (Fsp3) is 0.0909. The molecule has 0 atom stereocenters. The molecule has 0 bridgehead atoms. The van der Waals surface area contributed by atoms with E-state index in [1.54, 1.807) is 0 Å². The highest BCUT2D eigenvalue weighted by Gasteiger charge is 2.13. The van der Waals surface area contributed by atoms with E-state index in [4.69, 9.17) is 0 Å². The van der Waals surface area contributed by atoms with Gasteiger partial charge in [-0.05, 0) is 34.3 Å². The van der Waals surface area contributed by atoms with Gasteiger partial charge in [-0.2, -0.15) is 0 Å². The Bertz CT molecular complexity index is 717. The van der Waals surface area contributed by atoms with E-state index >= 15 is 0 Å². The van der Waals surface area contributed by atoms with Crippen molar-refractivity contribution in [1.82, 2.24) is 0 Å². The van der Waals surface area contributed by atoms with E-state index in [1.165, 1.54) is 22.3 Å². The number of aliphatic hydroxyl groups excluding tert-OH is 1. The lowest BCUT2D eigenvalue weighted by Crippen LogP contribution is -1.97. The van der Waals surface area contributed by atoms with Crippen molar-refractivity contribution in [3.8, 4) is 0 Å². The smallest absolute Gasteiger partial charge is 0.0471 e. The monoisotopic (exact) mass is 300 g/mol. The van der Waals surface area contributed by atoms with Crippen LogP contribution in [-0.2, 0) is 0 Å². The molecule has 3 rings (SSSR count). The minimum Gasteiger partial charge on any atom is -0.396 e. The van der Waals surface area contributed by atoms with Gasteiger partial charge in [-0.15, -0.1) is 0 Å². The summed E-state index contributed by atoms with van der Waals surface area (Å²) in [6.45, 7) is 0.132. The summed E-state index contributed by atoms with van der Waals surface area (Å²) < 4.78 is 0. The molecule has 1 heteroatoms. The van der Waals surface area contributed by atoms with Crippen LogP contribution >= 0.6 is 0 Å². The predicted octanol–water partition coefficient (Wildman–Crippen LogP) is 5.03. The van der Waals surface area contributed by atoms with E-state index in [0.717, 1.165) is 5.56 Å². The zero-order valence-electron chi connectivity index (χ0n) is 13.0. The van der Waals surface area contributed by atoms with E-state index < -0.39 is 0 Å². The third-order valence-electron chi connectivity index (χ3n) is 3.91. The first kappa shape index (κ1) is 15.3. The first-order chi connectivity index (χ1) is 11.4. The summed E-state index contributed by atoms with van der Waals surface area (Å²) in [7, 11) is 0. The van der Waals surface area contributed by atoms with Gasteiger partial charge in [0, 0.05) is 6.61 Å². The van der Waals surface area contributed by atoms with Crippen LogP contribution in [0.1, 0.15) is 23.1 Å². The minimum atomic E-state index is 0.132. The van der Waals surface area contributed by atoms with Gasteiger partial charge < -0.3 is 5.11 Å². The highest BCUT2D eigenvalue weighted by atomic mass is 16.2. The van der Waals surface area contributed by atoms with Gasteiger partial charge in [-0.25, -0.2) is 0 Å². The largest absolute Gasteiger partial charge is 0.396 e. The van der Waals surface area contributed by atoms with Crippen molar-refractivity contribution in [3.63, 3.8) is 0 Å². The average Bonchev–Trinajstić information content (AvgIpc) is 2.64. The molecule has 1 N–H and O–H groups in total. The lowest BCUT2D eigenvalue weighted by molar-refractivity contribution is 0.305. The average molecular weight is 300 g/mol. The van der Waals surface area contributed by atoms with Crippen molar-refractivity contribution in [2.75, 3.05) is 6.61 Å². The molecule has 0 unspecified atom stereocenters. The van der Waals surface area contributed by atoms with Gasteiger partial charge >= 0.3 is 0 Å². The maximum atomic E-state index is 9.61. The van der Waals surface area contributed by atoms with Crippen LogP contribution in [0.25, 0.3) is 11.1 Å². The molecule has 0 amide bonds. The molecule has 0 aliphatic rings. The van der Waals surface area contributed by atoms with Crippen molar-refractivity contribution in [3.05, 3.63) is 108 Å². The fourth-order valence-electron chi connectivity index (χ4n) is 2.89. The molecule has 1 nitrogen and oxygen atoms in total. The third-order valence-corrected chi connectivity index (χ3v) is 3.91. The van der Waals surface area contributed by atoms with Crippen LogP contribution in [0.2, 0.25) is 0 Å². The van der Waals surface area contributed by atoms with Crippen LogP contribution in [0.15, 0.2) is 91.0 Å². The standard InChI is InChI=1S/C22H20O/c23-17-16-21(18-10-4-1-5-11-18)22(19-12-6-2-7-13-19)20-14-8-3-9-15-20/h1-15,23H,16-17H2. The first-order valence-corrected chi connectivity index (χ1v) is 7.90. The molecule has 0 aromatic heterocycles. The molecule has 114 valence electrons. The van der Waals surface area contributed by atoms with Crippen molar-refractivity contribution in [2.24, 2.45) is 0 Å². The van der Waals surface area contributed by atoms with Crippen LogP contribution < -0.4 is 0 Å². The summed E-state index contributed by atoms with van der Waals surface area (Å²) in [5.74, 6) is 0. The lowest BCUT2D eigenvalue weighted by atomic mass is 9.88. The van der Waals surface area contributed by atoms with Gasteiger partial charge in [0.2, 0.25) is 0 Å². The minimum absolute atomic E-state index is 0.132. The van der Waals surface area contributed by atoms with Crippen molar-refractivity contribution in [1.29, 1.82) is 0 Å².